The molecule has 0 bridgehead atoms. The normalized spacial score (nSPS) is 10.2. The highest BCUT2D eigenvalue weighted by molar-refractivity contribution is 5.50. The first kappa shape index (κ1) is 11.9. The fourth-order valence-corrected chi connectivity index (χ4v) is 1.42. The van der Waals surface area contributed by atoms with Crippen LogP contribution in [0.2, 0.25) is 0 Å². The first-order valence-electron chi connectivity index (χ1n) is 5.53. The van der Waals surface area contributed by atoms with Gasteiger partial charge in [0.1, 0.15) is 0 Å². The Labute approximate surface area is 91.3 Å². The third kappa shape index (κ3) is 5.27. The molecule has 0 heterocycles. The van der Waals surface area contributed by atoms with Gasteiger partial charge in [-0.3, -0.25) is 0 Å². The van der Waals surface area contributed by atoms with Crippen molar-refractivity contribution in [2.45, 2.75) is 25.7 Å². The standard InChI is InChI=1S/C12H20N2O/c13-11-5-7-12(8-6-11)14-9-3-1-2-4-10-15/h5-8,14-15H,1-4,9-10,13H2. The van der Waals surface area contributed by atoms with E-state index in [1.807, 2.05) is 24.3 Å². The van der Waals surface area contributed by atoms with E-state index < -0.39 is 0 Å². The van der Waals surface area contributed by atoms with Crippen molar-refractivity contribution in [1.29, 1.82) is 0 Å². The number of unbranched alkanes of at least 4 members (excludes halogenated alkanes) is 3. The first-order valence-corrected chi connectivity index (χ1v) is 5.53. The van der Waals surface area contributed by atoms with Crippen LogP contribution in [-0.2, 0) is 0 Å². The number of rotatable bonds is 7. The Hall–Kier alpha value is -1.22. The molecule has 0 aliphatic heterocycles. The van der Waals surface area contributed by atoms with E-state index in [1.54, 1.807) is 0 Å². The highest BCUT2D eigenvalue weighted by atomic mass is 16.2. The molecule has 0 spiro atoms. The molecule has 4 N–H and O–H groups in total. The predicted molar refractivity (Wildman–Crippen MR) is 64.9 cm³/mol. The lowest BCUT2D eigenvalue weighted by atomic mass is 10.2. The van der Waals surface area contributed by atoms with E-state index in [0.717, 1.165) is 37.2 Å². The summed E-state index contributed by atoms with van der Waals surface area (Å²) in [5.74, 6) is 0. The molecule has 1 aromatic rings. The van der Waals surface area contributed by atoms with E-state index in [4.69, 9.17) is 10.8 Å². The Morgan fingerprint density at radius 3 is 2.33 bits per heavy atom. The van der Waals surface area contributed by atoms with Gasteiger partial charge in [-0.1, -0.05) is 12.8 Å². The summed E-state index contributed by atoms with van der Waals surface area (Å²) in [5.41, 5.74) is 7.50. The zero-order valence-electron chi connectivity index (χ0n) is 9.08. The number of nitrogens with two attached hydrogens (primary N) is 1. The van der Waals surface area contributed by atoms with Gasteiger partial charge in [0.2, 0.25) is 0 Å². The Morgan fingerprint density at radius 2 is 1.67 bits per heavy atom. The Bertz CT molecular complexity index is 259. The molecule has 3 nitrogen and oxygen atoms in total. The van der Waals surface area contributed by atoms with Crippen LogP contribution in [0.15, 0.2) is 24.3 Å². The highest BCUT2D eigenvalue weighted by Gasteiger charge is 1.92. The molecular weight excluding hydrogens is 188 g/mol. The average Bonchev–Trinajstić information content (AvgIpc) is 2.26. The zero-order valence-corrected chi connectivity index (χ0v) is 9.08. The molecule has 0 fully saturated rings. The largest absolute Gasteiger partial charge is 0.399 e. The summed E-state index contributed by atoms with van der Waals surface area (Å²) in [5, 5.41) is 11.9. The Morgan fingerprint density at radius 1 is 1.00 bits per heavy atom. The van der Waals surface area contributed by atoms with Gasteiger partial charge in [-0.05, 0) is 37.1 Å². The third-order valence-electron chi connectivity index (χ3n) is 2.32. The van der Waals surface area contributed by atoms with Crippen LogP contribution in [0.25, 0.3) is 0 Å². The summed E-state index contributed by atoms with van der Waals surface area (Å²) in [7, 11) is 0. The van der Waals surface area contributed by atoms with E-state index in [0.29, 0.717) is 6.61 Å². The maximum Gasteiger partial charge on any atom is 0.0431 e. The third-order valence-corrected chi connectivity index (χ3v) is 2.32. The molecule has 0 unspecified atom stereocenters. The average molecular weight is 208 g/mol. The van der Waals surface area contributed by atoms with Crippen LogP contribution >= 0.6 is 0 Å². The summed E-state index contributed by atoms with van der Waals surface area (Å²) < 4.78 is 0. The molecule has 0 saturated carbocycles. The molecule has 1 aromatic carbocycles. The molecule has 0 amide bonds. The number of anilines is 2. The van der Waals surface area contributed by atoms with Crippen molar-refractivity contribution in [3.63, 3.8) is 0 Å². The fraction of sp³-hybridized carbons (Fsp3) is 0.500. The van der Waals surface area contributed by atoms with Crippen molar-refractivity contribution >= 4 is 11.4 Å². The molecule has 0 radical (unpaired) electrons. The number of aliphatic hydroxyl groups excluding tert-OH is 1. The first-order chi connectivity index (χ1) is 7.33. The molecule has 0 aliphatic rings. The number of nitrogen functional groups attached to an aromatic ring is 1. The number of hydrogen-bond donors (Lipinski definition) is 3. The second kappa shape index (κ2) is 7.12. The van der Waals surface area contributed by atoms with Crippen molar-refractivity contribution in [3.05, 3.63) is 24.3 Å². The van der Waals surface area contributed by atoms with Crippen molar-refractivity contribution in [3.8, 4) is 0 Å². The maximum absolute atomic E-state index is 8.60. The van der Waals surface area contributed by atoms with E-state index in [9.17, 15) is 0 Å². The van der Waals surface area contributed by atoms with Gasteiger partial charge in [-0.25, -0.2) is 0 Å². The second-order valence-corrected chi connectivity index (χ2v) is 3.69. The van der Waals surface area contributed by atoms with Crippen LogP contribution in [-0.4, -0.2) is 18.3 Å². The zero-order chi connectivity index (χ0) is 10.9. The van der Waals surface area contributed by atoms with E-state index >= 15 is 0 Å². The van der Waals surface area contributed by atoms with Crippen molar-refractivity contribution in [2.24, 2.45) is 0 Å². The number of aliphatic hydroxyl groups is 1. The van der Waals surface area contributed by atoms with Gasteiger partial charge in [-0.2, -0.15) is 0 Å². The summed E-state index contributed by atoms with van der Waals surface area (Å²) in [6.45, 7) is 1.29. The van der Waals surface area contributed by atoms with Crippen LogP contribution in [0.5, 0.6) is 0 Å². The van der Waals surface area contributed by atoms with E-state index in [-0.39, 0.29) is 0 Å². The van der Waals surface area contributed by atoms with Gasteiger partial charge in [0.25, 0.3) is 0 Å². The number of benzene rings is 1. The van der Waals surface area contributed by atoms with Crippen molar-refractivity contribution in [2.75, 3.05) is 24.2 Å². The van der Waals surface area contributed by atoms with Gasteiger partial charge < -0.3 is 16.2 Å². The summed E-state index contributed by atoms with van der Waals surface area (Å²) in [6, 6.07) is 7.77. The van der Waals surface area contributed by atoms with Crippen LogP contribution < -0.4 is 11.1 Å². The lowest BCUT2D eigenvalue weighted by Gasteiger charge is -2.06. The van der Waals surface area contributed by atoms with Gasteiger partial charge in [0.15, 0.2) is 0 Å². The van der Waals surface area contributed by atoms with Gasteiger partial charge in [0.05, 0.1) is 0 Å². The molecule has 0 aliphatic carbocycles. The Balaban J connectivity index is 2.07. The minimum atomic E-state index is 0.311. The van der Waals surface area contributed by atoms with E-state index in [2.05, 4.69) is 5.32 Å². The molecular formula is C12H20N2O. The quantitative estimate of drug-likeness (QED) is 0.476. The molecule has 84 valence electrons. The van der Waals surface area contributed by atoms with Gasteiger partial charge in [0, 0.05) is 24.5 Å². The molecule has 0 aromatic heterocycles. The van der Waals surface area contributed by atoms with Crippen LogP contribution in [0, 0.1) is 0 Å². The summed E-state index contributed by atoms with van der Waals surface area (Å²) in [6.07, 6.45) is 4.34. The fourth-order valence-electron chi connectivity index (χ4n) is 1.42. The highest BCUT2D eigenvalue weighted by Crippen LogP contribution is 2.10. The van der Waals surface area contributed by atoms with E-state index in [1.165, 1.54) is 6.42 Å². The monoisotopic (exact) mass is 208 g/mol. The summed E-state index contributed by atoms with van der Waals surface area (Å²) >= 11 is 0. The SMILES string of the molecule is Nc1ccc(NCCCCCCO)cc1. The van der Waals surface area contributed by atoms with Crippen molar-refractivity contribution < 1.29 is 5.11 Å². The molecule has 15 heavy (non-hydrogen) atoms. The molecule has 1 rings (SSSR count). The number of nitrogens with one attached hydrogen (secondary N) is 1. The Kier molecular flexibility index (Phi) is 5.63. The predicted octanol–water partition coefficient (Wildman–Crippen LogP) is 2.23. The van der Waals surface area contributed by atoms with Crippen molar-refractivity contribution in [1.82, 2.24) is 0 Å². The minimum absolute atomic E-state index is 0.311. The maximum atomic E-state index is 8.60. The van der Waals surface area contributed by atoms with Gasteiger partial charge >= 0.3 is 0 Å². The van der Waals surface area contributed by atoms with Crippen LogP contribution in [0.4, 0.5) is 11.4 Å². The lowest BCUT2D eigenvalue weighted by molar-refractivity contribution is 0.283. The topological polar surface area (TPSA) is 58.3 Å². The number of hydrogen-bond acceptors (Lipinski definition) is 3. The van der Waals surface area contributed by atoms with Crippen LogP contribution in [0.3, 0.4) is 0 Å². The smallest absolute Gasteiger partial charge is 0.0431 e. The minimum Gasteiger partial charge on any atom is -0.399 e. The molecule has 0 atom stereocenters. The van der Waals surface area contributed by atoms with Gasteiger partial charge in [-0.15, -0.1) is 0 Å². The second-order valence-electron chi connectivity index (χ2n) is 3.69. The summed E-state index contributed by atoms with van der Waals surface area (Å²) in [4.78, 5) is 0. The lowest BCUT2D eigenvalue weighted by Crippen LogP contribution is -2.01. The molecule has 3 heteroatoms. The molecule has 0 saturated heterocycles. The van der Waals surface area contributed by atoms with Crippen LogP contribution in [0.1, 0.15) is 25.7 Å².